The van der Waals surface area contributed by atoms with Crippen LogP contribution < -0.4 is 5.32 Å². The van der Waals surface area contributed by atoms with Crippen molar-refractivity contribution in [1.29, 1.82) is 0 Å². The molecule has 0 aliphatic carbocycles. The summed E-state index contributed by atoms with van der Waals surface area (Å²) in [6, 6.07) is 0. The third-order valence-corrected chi connectivity index (χ3v) is 11.5. The standard InChI is InChI=1S/C50H92NO8P/c1-3-5-7-9-11-13-15-17-19-21-22-23-24-25-26-27-28-30-32-34-36-38-40-42-49(53)51-44-45-58-60(55,56)59-47-48(52)46-57-50(54)43-41-39-37-35-33-31-29-20-18-16-14-12-10-8-6-4-2/h11,13,17,19-20,22-23,29,48,52H,3-10,12,14-16,18,21,24-28,30-47H2,1-2H3,(H,51,53)(H,55,56)/b13-11-,19-17-,23-22-,29-20-. The maximum Gasteiger partial charge on any atom is 0.472 e. The summed E-state index contributed by atoms with van der Waals surface area (Å²) in [7, 11) is -4.42. The van der Waals surface area contributed by atoms with E-state index in [9.17, 15) is 24.2 Å². The first-order chi connectivity index (χ1) is 29.3. The van der Waals surface area contributed by atoms with Crippen LogP contribution in [0.25, 0.3) is 0 Å². The lowest BCUT2D eigenvalue weighted by Gasteiger charge is -2.15. The first-order valence-corrected chi connectivity index (χ1v) is 26.1. The van der Waals surface area contributed by atoms with Crippen LogP contribution in [0, 0.1) is 0 Å². The number of carbonyl (C=O) groups is 2. The summed E-state index contributed by atoms with van der Waals surface area (Å²) >= 11 is 0. The van der Waals surface area contributed by atoms with Crippen molar-refractivity contribution in [1.82, 2.24) is 5.32 Å². The third-order valence-electron chi connectivity index (χ3n) is 10.5. The molecule has 0 aliphatic rings. The molecule has 0 aliphatic heterocycles. The van der Waals surface area contributed by atoms with Gasteiger partial charge in [0.15, 0.2) is 0 Å². The molecule has 1 amide bonds. The van der Waals surface area contributed by atoms with Gasteiger partial charge in [-0.25, -0.2) is 4.57 Å². The molecule has 2 unspecified atom stereocenters. The lowest BCUT2D eigenvalue weighted by atomic mass is 10.0. The van der Waals surface area contributed by atoms with E-state index in [1.807, 2.05) is 0 Å². The molecular weight excluding hydrogens is 774 g/mol. The second-order valence-electron chi connectivity index (χ2n) is 16.4. The maximum absolute atomic E-state index is 12.1. The summed E-state index contributed by atoms with van der Waals surface area (Å²) in [6.07, 6.45) is 54.7. The van der Waals surface area contributed by atoms with Gasteiger partial charge in [-0.1, -0.05) is 184 Å². The van der Waals surface area contributed by atoms with Crippen molar-refractivity contribution in [2.24, 2.45) is 0 Å². The van der Waals surface area contributed by atoms with E-state index < -0.39 is 26.5 Å². The highest BCUT2D eigenvalue weighted by molar-refractivity contribution is 7.47. The smallest absolute Gasteiger partial charge is 0.463 e. The predicted molar refractivity (Wildman–Crippen MR) is 252 cm³/mol. The van der Waals surface area contributed by atoms with E-state index >= 15 is 0 Å². The first kappa shape index (κ1) is 58.0. The predicted octanol–water partition coefficient (Wildman–Crippen LogP) is 14.3. The molecule has 10 heteroatoms. The van der Waals surface area contributed by atoms with Gasteiger partial charge in [0.25, 0.3) is 0 Å². The molecule has 0 radical (unpaired) electrons. The monoisotopic (exact) mass is 866 g/mol. The van der Waals surface area contributed by atoms with Gasteiger partial charge in [-0.3, -0.25) is 18.6 Å². The summed E-state index contributed by atoms with van der Waals surface area (Å²) in [5.41, 5.74) is 0. The average molecular weight is 866 g/mol. The van der Waals surface area contributed by atoms with E-state index in [0.717, 1.165) is 70.6 Å². The molecule has 2 atom stereocenters. The Morgan fingerprint density at radius 1 is 0.517 bits per heavy atom. The number of unbranched alkanes of at least 4 members (excludes halogenated alkanes) is 25. The summed E-state index contributed by atoms with van der Waals surface area (Å²) < 4.78 is 26.9. The molecule has 0 aromatic carbocycles. The summed E-state index contributed by atoms with van der Waals surface area (Å²) in [6.45, 7) is 3.53. The zero-order chi connectivity index (χ0) is 43.9. The van der Waals surface area contributed by atoms with Crippen molar-refractivity contribution in [2.45, 2.75) is 232 Å². The minimum absolute atomic E-state index is 0.0777. The molecule has 0 fully saturated rings. The Hall–Kier alpha value is -2.03. The third kappa shape index (κ3) is 47.0. The van der Waals surface area contributed by atoms with Gasteiger partial charge in [-0.2, -0.15) is 0 Å². The fourth-order valence-corrected chi connectivity index (χ4v) is 7.49. The summed E-state index contributed by atoms with van der Waals surface area (Å²) in [5, 5.41) is 12.7. The molecule has 0 aromatic heterocycles. The molecule has 3 N–H and O–H groups in total. The van der Waals surface area contributed by atoms with Crippen molar-refractivity contribution in [3.05, 3.63) is 48.6 Å². The number of amides is 1. The van der Waals surface area contributed by atoms with Crippen LogP contribution in [0.4, 0.5) is 0 Å². The van der Waals surface area contributed by atoms with Crippen LogP contribution in [-0.2, 0) is 27.9 Å². The van der Waals surface area contributed by atoms with Crippen molar-refractivity contribution < 1.29 is 37.9 Å². The van der Waals surface area contributed by atoms with E-state index in [1.165, 1.54) is 128 Å². The maximum atomic E-state index is 12.1. The molecule has 0 saturated carbocycles. The fraction of sp³-hybridized carbons (Fsp3) is 0.800. The molecule has 0 bridgehead atoms. The second kappa shape index (κ2) is 46.5. The minimum atomic E-state index is -4.42. The van der Waals surface area contributed by atoms with Crippen LogP contribution in [0.1, 0.15) is 226 Å². The number of allylic oxidation sites excluding steroid dienone is 8. The Morgan fingerprint density at radius 3 is 1.40 bits per heavy atom. The fourth-order valence-electron chi connectivity index (χ4n) is 6.74. The summed E-state index contributed by atoms with van der Waals surface area (Å²) in [5.74, 6) is -0.526. The number of hydrogen-bond acceptors (Lipinski definition) is 7. The largest absolute Gasteiger partial charge is 0.472 e. The zero-order valence-electron chi connectivity index (χ0n) is 38.7. The van der Waals surface area contributed by atoms with E-state index in [2.05, 4.69) is 67.8 Å². The number of phosphoric ester groups is 1. The topological polar surface area (TPSA) is 131 Å². The first-order valence-electron chi connectivity index (χ1n) is 24.6. The SMILES string of the molecule is CCCCC/C=C\C/C=C\C/C=C\CCCCCCCCCCCCC(=O)NCCOP(=O)(O)OCC(O)COC(=O)CCCCCCC/C=C\CCCCCCCCC. The number of ether oxygens (including phenoxy) is 1. The molecular formula is C50H92NO8P. The van der Waals surface area contributed by atoms with E-state index in [1.54, 1.807) is 0 Å². The van der Waals surface area contributed by atoms with Crippen LogP contribution in [0.5, 0.6) is 0 Å². The molecule has 0 rings (SSSR count). The molecule has 0 saturated heterocycles. The van der Waals surface area contributed by atoms with E-state index in [4.69, 9.17) is 13.8 Å². The highest BCUT2D eigenvalue weighted by Gasteiger charge is 2.23. The van der Waals surface area contributed by atoms with Crippen LogP contribution in [0.15, 0.2) is 48.6 Å². The number of hydrogen-bond donors (Lipinski definition) is 3. The summed E-state index contributed by atoms with van der Waals surface area (Å²) in [4.78, 5) is 34.0. The van der Waals surface area contributed by atoms with Crippen LogP contribution in [-0.4, -0.2) is 54.3 Å². The second-order valence-corrected chi connectivity index (χ2v) is 17.9. The Morgan fingerprint density at radius 2 is 0.900 bits per heavy atom. The van der Waals surface area contributed by atoms with Crippen molar-refractivity contribution in [2.75, 3.05) is 26.4 Å². The Kier molecular flexibility index (Phi) is 44.9. The Bertz CT molecular complexity index is 1120. The van der Waals surface area contributed by atoms with Crippen LogP contribution >= 0.6 is 7.82 Å². The van der Waals surface area contributed by atoms with Gasteiger partial charge in [0.1, 0.15) is 12.7 Å². The number of aliphatic hydroxyl groups excluding tert-OH is 1. The molecule has 0 spiro atoms. The highest BCUT2D eigenvalue weighted by Crippen LogP contribution is 2.42. The Balaban J connectivity index is 3.58. The Labute approximate surface area is 368 Å². The number of carbonyl (C=O) groups excluding carboxylic acids is 2. The molecule has 350 valence electrons. The lowest BCUT2D eigenvalue weighted by Crippen LogP contribution is -2.27. The number of nitrogens with one attached hydrogen (secondary N) is 1. The van der Waals surface area contributed by atoms with E-state index in [-0.39, 0.29) is 32.1 Å². The van der Waals surface area contributed by atoms with E-state index in [0.29, 0.717) is 6.42 Å². The molecule has 0 aromatic rings. The van der Waals surface area contributed by atoms with Crippen molar-refractivity contribution >= 4 is 19.7 Å². The number of rotatable bonds is 46. The highest BCUT2D eigenvalue weighted by atomic mass is 31.2. The van der Waals surface area contributed by atoms with Crippen LogP contribution in [0.2, 0.25) is 0 Å². The zero-order valence-corrected chi connectivity index (χ0v) is 39.5. The molecule has 0 heterocycles. The van der Waals surface area contributed by atoms with Gasteiger partial charge in [0.05, 0.1) is 13.2 Å². The van der Waals surface area contributed by atoms with Gasteiger partial charge in [0, 0.05) is 19.4 Å². The van der Waals surface area contributed by atoms with Crippen LogP contribution in [0.3, 0.4) is 0 Å². The minimum Gasteiger partial charge on any atom is -0.463 e. The van der Waals surface area contributed by atoms with Gasteiger partial charge in [-0.05, 0) is 77.0 Å². The number of phosphoric acid groups is 1. The van der Waals surface area contributed by atoms with Crippen molar-refractivity contribution in [3.63, 3.8) is 0 Å². The van der Waals surface area contributed by atoms with Gasteiger partial charge >= 0.3 is 13.8 Å². The van der Waals surface area contributed by atoms with Gasteiger partial charge in [-0.15, -0.1) is 0 Å². The van der Waals surface area contributed by atoms with Gasteiger partial charge in [0.2, 0.25) is 5.91 Å². The lowest BCUT2D eigenvalue weighted by molar-refractivity contribution is -0.147. The molecule has 9 nitrogen and oxygen atoms in total. The van der Waals surface area contributed by atoms with Gasteiger partial charge < -0.3 is 20.1 Å². The average Bonchev–Trinajstić information content (AvgIpc) is 3.23. The molecule has 60 heavy (non-hydrogen) atoms. The quantitative estimate of drug-likeness (QED) is 0.0239. The number of esters is 1. The normalized spacial score (nSPS) is 13.6. The van der Waals surface area contributed by atoms with Crippen molar-refractivity contribution in [3.8, 4) is 0 Å². The number of aliphatic hydroxyl groups is 1.